The number of guanidine groups is 1. The molecule has 11 N–H and O–H groups in total. The van der Waals surface area contributed by atoms with Crippen LogP contribution in [0.5, 0.6) is 5.75 Å². The zero-order valence-electron chi connectivity index (χ0n) is 30.1. The van der Waals surface area contributed by atoms with Gasteiger partial charge in [-0.05, 0) is 86.0 Å². The predicted molar refractivity (Wildman–Crippen MR) is 199 cm³/mol. The fourth-order valence-electron chi connectivity index (χ4n) is 5.05. The van der Waals surface area contributed by atoms with Crippen molar-refractivity contribution in [3.63, 3.8) is 0 Å². The van der Waals surface area contributed by atoms with Gasteiger partial charge in [-0.15, -0.1) is 0 Å². The Labute approximate surface area is 304 Å². The van der Waals surface area contributed by atoms with Gasteiger partial charge in [0.15, 0.2) is 5.96 Å². The summed E-state index contributed by atoms with van der Waals surface area (Å²) in [6, 6.07) is 10.2. The highest BCUT2D eigenvalue weighted by molar-refractivity contribution is 8.13. The van der Waals surface area contributed by atoms with Crippen LogP contribution in [-0.2, 0) is 30.4 Å². The maximum Gasteiger partial charge on any atom is 0.243 e. The summed E-state index contributed by atoms with van der Waals surface area (Å²) < 4.78 is 0. The van der Waals surface area contributed by atoms with E-state index < -0.39 is 53.8 Å². The molecule has 15 heteroatoms. The molecule has 14 nitrogen and oxygen atoms in total. The number of benzene rings is 2. The molecule has 5 atom stereocenters. The van der Waals surface area contributed by atoms with E-state index in [2.05, 4.69) is 26.3 Å². The van der Waals surface area contributed by atoms with E-state index >= 15 is 0 Å². The minimum atomic E-state index is -1.15. The number of aromatic hydroxyl groups is 1. The minimum absolute atomic E-state index is 0.0354. The Hall–Kier alpha value is -4.63. The number of rotatable bonds is 20. The number of hydrogen-bond acceptors (Lipinski definition) is 9. The lowest BCUT2D eigenvalue weighted by atomic mass is 10.0. The molecule has 2 aromatic carbocycles. The second kappa shape index (κ2) is 21.6. The van der Waals surface area contributed by atoms with Crippen molar-refractivity contribution in [1.82, 2.24) is 21.3 Å². The highest BCUT2D eigenvalue weighted by Gasteiger charge is 2.31. The van der Waals surface area contributed by atoms with Crippen LogP contribution in [0.25, 0.3) is 0 Å². The van der Waals surface area contributed by atoms with E-state index in [1.165, 1.54) is 19.1 Å². The average Bonchev–Trinajstić information content (AvgIpc) is 3.05. The van der Waals surface area contributed by atoms with Crippen LogP contribution in [0.2, 0.25) is 0 Å². The highest BCUT2D eigenvalue weighted by atomic mass is 32.2. The van der Waals surface area contributed by atoms with Crippen molar-refractivity contribution < 1.29 is 29.1 Å². The number of nitrogens with one attached hydrogen (secondary N) is 4. The van der Waals surface area contributed by atoms with Crippen LogP contribution in [0.1, 0.15) is 65.9 Å². The fourth-order valence-corrected chi connectivity index (χ4v) is 5.88. The molecule has 2 aromatic rings. The van der Waals surface area contributed by atoms with Crippen LogP contribution < -0.4 is 38.5 Å². The van der Waals surface area contributed by atoms with Gasteiger partial charge in [0.25, 0.3) is 0 Å². The van der Waals surface area contributed by atoms with Crippen molar-refractivity contribution in [2.45, 2.75) is 102 Å². The summed E-state index contributed by atoms with van der Waals surface area (Å²) in [4.78, 5) is 71.6. The number of nitrogens with zero attached hydrogens (tertiary/aromatic N) is 1. The van der Waals surface area contributed by atoms with Crippen LogP contribution in [0.3, 0.4) is 0 Å². The monoisotopic (exact) mass is 726 g/mol. The first kappa shape index (κ1) is 42.5. The van der Waals surface area contributed by atoms with Gasteiger partial charge in [-0.1, -0.05) is 58.0 Å². The summed E-state index contributed by atoms with van der Waals surface area (Å²) >= 11 is 1.03. The van der Waals surface area contributed by atoms with Crippen LogP contribution in [0.4, 0.5) is 0 Å². The van der Waals surface area contributed by atoms with Gasteiger partial charge in [0.2, 0.25) is 28.7 Å². The van der Waals surface area contributed by atoms with Crippen molar-refractivity contribution >= 4 is 46.5 Å². The van der Waals surface area contributed by atoms with Gasteiger partial charge in [-0.2, -0.15) is 0 Å². The third kappa shape index (κ3) is 16.3. The number of hydrogen-bond donors (Lipinski definition) is 8. The van der Waals surface area contributed by atoms with E-state index in [1.807, 2.05) is 58.0 Å². The number of amides is 4. The van der Waals surface area contributed by atoms with Crippen molar-refractivity contribution in [2.75, 3.05) is 6.54 Å². The third-order valence-electron chi connectivity index (χ3n) is 7.67. The molecule has 51 heavy (non-hydrogen) atoms. The molecule has 0 spiro atoms. The summed E-state index contributed by atoms with van der Waals surface area (Å²) in [6.45, 7) is 9.38. The van der Waals surface area contributed by atoms with Gasteiger partial charge < -0.3 is 43.6 Å². The second-order valence-corrected chi connectivity index (χ2v) is 14.4. The van der Waals surface area contributed by atoms with Crippen molar-refractivity contribution in [3.05, 3.63) is 60.2 Å². The summed E-state index contributed by atoms with van der Waals surface area (Å²) in [7, 11) is 0. The van der Waals surface area contributed by atoms with Crippen molar-refractivity contribution in [1.29, 1.82) is 0 Å². The van der Waals surface area contributed by atoms with Crippen LogP contribution in [0, 0.1) is 11.8 Å². The smallest absolute Gasteiger partial charge is 0.243 e. The van der Waals surface area contributed by atoms with Crippen LogP contribution in [0.15, 0.2) is 64.5 Å². The number of phenolic OH excluding ortho intramolecular Hbond substituents is 1. The van der Waals surface area contributed by atoms with Gasteiger partial charge in [-0.25, -0.2) is 0 Å². The zero-order chi connectivity index (χ0) is 38.1. The molecule has 4 amide bonds. The molecule has 0 aliphatic heterocycles. The number of thioether (sulfide) groups is 1. The van der Waals surface area contributed by atoms with Gasteiger partial charge >= 0.3 is 0 Å². The summed E-state index contributed by atoms with van der Waals surface area (Å²) in [6.07, 6.45) is 1.22. The molecular weight excluding hydrogens is 673 g/mol. The Kier molecular flexibility index (Phi) is 18.0. The topological polar surface area (TPSA) is 244 Å². The highest BCUT2D eigenvalue weighted by Crippen LogP contribution is 2.22. The van der Waals surface area contributed by atoms with Crippen LogP contribution >= 0.6 is 11.8 Å². The van der Waals surface area contributed by atoms with Gasteiger partial charge in [0.05, 0.1) is 12.1 Å². The largest absolute Gasteiger partial charge is 0.508 e. The molecule has 0 saturated carbocycles. The first-order valence-corrected chi connectivity index (χ1v) is 17.9. The molecule has 0 saturated heterocycles. The summed E-state index contributed by atoms with van der Waals surface area (Å²) in [5, 5.41) is 20.4. The first-order valence-electron chi connectivity index (χ1n) is 17.1. The number of carbonyl (C=O) groups is 5. The number of aliphatic imine (C=N–C) groups is 1. The molecule has 0 fully saturated rings. The van der Waals surface area contributed by atoms with Gasteiger partial charge in [-0.3, -0.25) is 29.0 Å². The fraction of sp³-hybridized carbons (Fsp3) is 0.500. The van der Waals surface area contributed by atoms with E-state index in [1.54, 1.807) is 12.1 Å². The van der Waals surface area contributed by atoms with Crippen molar-refractivity contribution in [3.8, 4) is 5.75 Å². The van der Waals surface area contributed by atoms with E-state index in [0.717, 1.165) is 16.7 Å². The number of nitrogens with two attached hydrogens (primary N) is 3. The Morgan fingerprint density at radius 1 is 0.725 bits per heavy atom. The molecule has 0 radical (unpaired) electrons. The average molecular weight is 727 g/mol. The SMILES string of the molecule is CC(C)C[C@H](NC(=O)[C@H](C)NC(=O)[C@H](CCCN=C(N)N)NC(=O)[C@H](Cc1ccc(O)cc1)NC(=O)[C@@H](N)CC(C)C)C(=O)Sc1ccccc1. The minimum Gasteiger partial charge on any atom is -0.508 e. The normalized spacial score (nSPS) is 14.0. The Balaban J connectivity index is 2.24. The lowest BCUT2D eigenvalue weighted by molar-refractivity contribution is -0.134. The predicted octanol–water partition coefficient (Wildman–Crippen LogP) is 1.69. The Morgan fingerprint density at radius 3 is 1.88 bits per heavy atom. The van der Waals surface area contributed by atoms with E-state index in [9.17, 15) is 29.1 Å². The van der Waals surface area contributed by atoms with E-state index in [4.69, 9.17) is 17.2 Å². The van der Waals surface area contributed by atoms with Gasteiger partial charge in [0.1, 0.15) is 23.9 Å². The molecule has 280 valence electrons. The second-order valence-electron chi connectivity index (χ2n) is 13.3. The molecule has 0 bridgehead atoms. The molecule has 0 unspecified atom stereocenters. The maximum atomic E-state index is 13.8. The first-order chi connectivity index (χ1) is 24.0. The molecule has 0 aliphatic rings. The van der Waals surface area contributed by atoms with Crippen molar-refractivity contribution in [2.24, 2.45) is 34.0 Å². The lowest BCUT2D eigenvalue weighted by Crippen LogP contribution is -2.58. The third-order valence-corrected chi connectivity index (χ3v) is 8.66. The molecule has 0 aromatic heterocycles. The standard InChI is InChI=1S/C36H54N8O6S/c1-21(2)18-27(37)32(47)43-29(20-24-13-15-25(45)16-14-24)34(49)42-28(12-9-17-40-36(38)39)33(48)41-23(5)31(46)44-30(19-22(3)4)35(50)51-26-10-7-6-8-11-26/h6-8,10-11,13-16,21-23,27-30,45H,9,12,17-20,37H2,1-5H3,(H,41,48)(H,42,49)(H,43,47)(H,44,46)(H4,38,39,40)/t23-,27-,28-,29-,30-/m0/s1. The molecular formula is C36H54N8O6S. The molecule has 0 heterocycles. The van der Waals surface area contributed by atoms with E-state index in [-0.39, 0.29) is 48.0 Å². The Morgan fingerprint density at radius 2 is 1.29 bits per heavy atom. The summed E-state index contributed by atoms with van der Waals surface area (Å²) in [5.74, 6) is -2.28. The van der Waals surface area contributed by atoms with Gasteiger partial charge in [0, 0.05) is 17.9 Å². The number of phenols is 1. The maximum absolute atomic E-state index is 13.8. The molecule has 2 rings (SSSR count). The Bertz CT molecular complexity index is 1470. The van der Waals surface area contributed by atoms with Crippen LogP contribution in [-0.4, -0.2) is 76.6 Å². The lowest BCUT2D eigenvalue weighted by Gasteiger charge is -2.26. The quantitative estimate of drug-likeness (QED) is 0.0425. The number of carbonyl (C=O) groups excluding carboxylic acids is 5. The summed E-state index contributed by atoms with van der Waals surface area (Å²) in [5.41, 5.74) is 17.6. The van der Waals surface area contributed by atoms with E-state index in [0.29, 0.717) is 24.8 Å². The molecule has 0 aliphatic carbocycles. The zero-order valence-corrected chi connectivity index (χ0v) is 30.9.